The number of nitrogens with one attached hydrogen (secondary N) is 1. The molecule has 3 heterocycles. The Kier molecular flexibility index (Phi) is 4.22. The molecule has 28 heavy (non-hydrogen) atoms. The van der Waals surface area contributed by atoms with Gasteiger partial charge in [0, 0.05) is 0 Å². The number of aromatic nitrogens is 4. The zero-order valence-electron chi connectivity index (χ0n) is 14.4. The van der Waals surface area contributed by atoms with E-state index in [0.29, 0.717) is 26.8 Å². The van der Waals surface area contributed by atoms with Crippen LogP contribution in [0.5, 0.6) is 0 Å². The van der Waals surface area contributed by atoms with Crippen LogP contribution in [0.3, 0.4) is 0 Å². The van der Waals surface area contributed by atoms with Gasteiger partial charge >= 0.3 is 0 Å². The molecular formula is C20H13FN4OS2. The second kappa shape index (κ2) is 6.88. The van der Waals surface area contributed by atoms with E-state index >= 15 is 0 Å². The van der Waals surface area contributed by atoms with Gasteiger partial charge in [0.25, 0.3) is 5.56 Å². The first-order valence-electron chi connectivity index (χ1n) is 8.52. The van der Waals surface area contributed by atoms with E-state index in [4.69, 9.17) is 0 Å². The van der Waals surface area contributed by atoms with E-state index < -0.39 is 0 Å². The summed E-state index contributed by atoms with van der Waals surface area (Å²) in [4.78, 5) is 25.6. The van der Waals surface area contributed by atoms with Crippen molar-refractivity contribution in [3.05, 3.63) is 82.0 Å². The topological polar surface area (TPSA) is 63.6 Å². The molecule has 1 N–H and O–H groups in total. The number of hydrogen-bond donors (Lipinski definition) is 1. The molecule has 0 saturated carbocycles. The maximum absolute atomic E-state index is 13.4. The average molecular weight is 408 g/mol. The zero-order valence-corrected chi connectivity index (χ0v) is 16.1. The van der Waals surface area contributed by atoms with Crippen molar-refractivity contribution in [1.82, 2.24) is 19.5 Å². The maximum atomic E-state index is 13.4. The molecule has 138 valence electrons. The molecule has 0 spiro atoms. The zero-order chi connectivity index (χ0) is 19.1. The summed E-state index contributed by atoms with van der Waals surface area (Å²) < 4.78 is 15.5. The Labute approximate surface area is 166 Å². The Morgan fingerprint density at radius 2 is 1.86 bits per heavy atom. The minimum Gasteiger partial charge on any atom is -0.341 e. The highest BCUT2D eigenvalue weighted by atomic mass is 32.2. The van der Waals surface area contributed by atoms with Crippen LogP contribution < -0.4 is 5.56 Å². The number of imidazole rings is 1. The lowest BCUT2D eigenvalue weighted by Gasteiger charge is -2.11. The Bertz CT molecular complexity index is 1320. The molecule has 0 aliphatic carbocycles. The number of nitrogens with zero attached hydrogens (tertiary/aromatic N) is 3. The van der Waals surface area contributed by atoms with Crippen molar-refractivity contribution < 1.29 is 4.39 Å². The van der Waals surface area contributed by atoms with Crippen molar-refractivity contribution in [3.63, 3.8) is 0 Å². The molecule has 5 aromatic rings. The fraction of sp³-hybridized carbons (Fsp3) is 0.0500. The Morgan fingerprint density at radius 1 is 1.04 bits per heavy atom. The number of para-hydroxylation sites is 2. The van der Waals surface area contributed by atoms with Gasteiger partial charge in [-0.15, -0.1) is 11.3 Å². The first-order valence-corrected chi connectivity index (χ1v) is 10.4. The fourth-order valence-electron chi connectivity index (χ4n) is 3.01. The minimum atomic E-state index is -0.349. The predicted octanol–water partition coefficient (Wildman–Crippen LogP) is 4.75. The third kappa shape index (κ3) is 3.00. The van der Waals surface area contributed by atoms with Gasteiger partial charge in [0.1, 0.15) is 16.3 Å². The fourth-order valence-corrected chi connectivity index (χ4v) is 4.66. The van der Waals surface area contributed by atoms with Gasteiger partial charge in [-0.2, -0.15) is 0 Å². The summed E-state index contributed by atoms with van der Waals surface area (Å²) in [5.41, 5.74) is 2.96. The largest absolute Gasteiger partial charge is 0.341 e. The summed E-state index contributed by atoms with van der Waals surface area (Å²) >= 11 is 2.77. The number of fused-ring (bicyclic) bond motifs is 2. The molecule has 0 aliphatic heterocycles. The van der Waals surface area contributed by atoms with Gasteiger partial charge in [-0.3, -0.25) is 9.36 Å². The van der Waals surface area contributed by atoms with Crippen LogP contribution >= 0.6 is 23.1 Å². The molecule has 5 rings (SSSR count). The standard InChI is InChI=1S/C20H13FN4OS2/c21-12-5-7-13(8-6-12)25-19(26)18-16(9-10-27-18)24-20(25)28-11-17-22-14-3-1-2-4-15(14)23-17/h1-10H,11H2,(H,22,23). The molecule has 0 amide bonds. The van der Waals surface area contributed by atoms with Crippen molar-refractivity contribution in [1.29, 1.82) is 0 Å². The molecule has 0 radical (unpaired) electrons. The Hall–Kier alpha value is -2.97. The number of hydrogen-bond acceptors (Lipinski definition) is 5. The number of H-pyrrole nitrogens is 1. The first-order chi connectivity index (χ1) is 13.7. The van der Waals surface area contributed by atoms with E-state index in [-0.39, 0.29) is 11.4 Å². The summed E-state index contributed by atoms with van der Waals surface area (Å²) in [7, 11) is 0. The smallest absolute Gasteiger partial charge is 0.276 e. The van der Waals surface area contributed by atoms with Crippen LogP contribution in [0.2, 0.25) is 0 Å². The van der Waals surface area contributed by atoms with Gasteiger partial charge in [0.15, 0.2) is 5.16 Å². The van der Waals surface area contributed by atoms with E-state index in [1.165, 1.54) is 39.8 Å². The SMILES string of the molecule is O=c1c2sccc2nc(SCc2nc3ccccc3[nH]2)n1-c1ccc(F)cc1. The second-order valence-corrected chi connectivity index (χ2v) is 7.99. The Morgan fingerprint density at radius 3 is 2.68 bits per heavy atom. The second-order valence-electron chi connectivity index (χ2n) is 6.14. The van der Waals surface area contributed by atoms with Crippen molar-refractivity contribution in [2.24, 2.45) is 0 Å². The summed E-state index contributed by atoms with van der Waals surface area (Å²) in [6.07, 6.45) is 0. The average Bonchev–Trinajstić information content (AvgIpc) is 3.34. The van der Waals surface area contributed by atoms with Crippen molar-refractivity contribution in [2.45, 2.75) is 10.9 Å². The molecule has 2 aromatic carbocycles. The van der Waals surface area contributed by atoms with Gasteiger partial charge in [-0.1, -0.05) is 23.9 Å². The summed E-state index contributed by atoms with van der Waals surface area (Å²) in [5.74, 6) is 0.979. The summed E-state index contributed by atoms with van der Waals surface area (Å²) in [6, 6.07) is 15.5. The van der Waals surface area contributed by atoms with Gasteiger partial charge in [-0.05, 0) is 47.8 Å². The lowest BCUT2D eigenvalue weighted by molar-refractivity contribution is 0.627. The van der Waals surface area contributed by atoms with Crippen molar-refractivity contribution >= 4 is 44.3 Å². The van der Waals surface area contributed by atoms with Gasteiger partial charge in [0.05, 0.1) is 28.0 Å². The molecule has 0 atom stereocenters. The molecule has 0 aliphatic rings. The third-order valence-corrected chi connectivity index (χ3v) is 6.15. The lowest BCUT2D eigenvalue weighted by atomic mass is 10.3. The van der Waals surface area contributed by atoms with Crippen LogP contribution in [-0.2, 0) is 5.75 Å². The van der Waals surface area contributed by atoms with Gasteiger partial charge in [0.2, 0.25) is 0 Å². The monoisotopic (exact) mass is 408 g/mol. The van der Waals surface area contributed by atoms with Crippen LogP contribution in [0.15, 0.2) is 69.9 Å². The summed E-state index contributed by atoms with van der Waals surface area (Å²) in [6.45, 7) is 0. The number of thioether (sulfide) groups is 1. The van der Waals surface area contributed by atoms with Crippen LogP contribution in [-0.4, -0.2) is 19.5 Å². The van der Waals surface area contributed by atoms with Crippen molar-refractivity contribution in [3.8, 4) is 5.69 Å². The molecule has 0 bridgehead atoms. The predicted molar refractivity (Wildman–Crippen MR) is 111 cm³/mol. The van der Waals surface area contributed by atoms with E-state index in [2.05, 4.69) is 15.0 Å². The molecule has 3 aromatic heterocycles. The van der Waals surface area contributed by atoms with Crippen molar-refractivity contribution in [2.75, 3.05) is 0 Å². The van der Waals surface area contributed by atoms with Crippen LogP contribution in [0, 0.1) is 5.82 Å². The number of benzene rings is 2. The molecule has 0 fully saturated rings. The molecule has 0 unspecified atom stereocenters. The highest BCUT2D eigenvalue weighted by Gasteiger charge is 2.15. The van der Waals surface area contributed by atoms with Crippen LogP contribution in [0.25, 0.3) is 26.9 Å². The first kappa shape index (κ1) is 17.2. The number of aromatic amines is 1. The highest BCUT2D eigenvalue weighted by molar-refractivity contribution is 7.98. The molecule has 8 heteroatoms. The Balaban J connectivity index is 1.58. The summed E-state index contributed by atoms with van der Waals surface area (Å²) in [5, 5.41) is 2.39. The molecule has 5 nitrogen and oxygen atoms in total. The van der Waals surface area contributed by atoms with Crippen LogP contribution in [0.1, 0.15) is 5.82 Å². The van der Waals surface area contributed by atoms with Crippen LogP contribution in [0.4, 0.5) is 4.39 Å². The van der Waals surface area contributed by atoms with E-state index in [1.54, 1.807) is 12.1 Å². The maximum Gasteiger partial charge on any atom is 0.276 e. The number of rotatable bonds is 4. The van der Waals surface area contributed by atoms with E-state index in [9.17, 15) is 9.18 Å². The minimum absolute atomic E-state index is 0.154. The van der Waals surface area contributed by atoms with Gasteiger partial charge in [-0.25, -0.2) is 14.4 Å². The highest BCUT2D eigenvalue weighted by Crippen LogP contribution is 2.26. The number of halogens is 1. The molecule has 0 saturated heterocycles. The quantitative estimate of drug-likeness (QED) is 0.344. The third-order valence-electron chi connectivity index (χ3n) is 4.31. The van der Waals surface area contributed by atoms with E-state index in [0.717, 1.165) is 16.9 Å². The molecular weight excluding hydrogens is 395 g/mol. The normalized spacial score (nSPS) is 11.5. The van der Waals surface area contributed by atoms with E-state index in [1.807, 2.05) is 35.7 Å². The lowest BCUT2D eigenvalue weighted by Crippen LogP contribution is -2.20. The van der Waals surface area contributed by atoms with Gasteiger partial charge < -0.3 is 4.98 Å². The number of thiophene rings is 1.